The summed E-state index contributed by atoms with van der Waals surface area (Å²) in [6.45, 7) is 4.17. The van der Waals surface area contributed by atoms with E-state index in [-0.39, 0.29) is 0 Å². The molecule has 0 saturated carbocycles. The van der Waals surface area contributed by atoms with Gasteiger partial charge in [-0.25, -0.2) is 4.98 Å². The van der Waals surface area contributed by atoms with Gasteiger partial charge < -0.3 is 0 Å². The fourth-order valence-corrected chi connectivity index (χ4v) is 2.54. The number of nitrogens with zero attached hydrogens (tertiary/aromatic N) is 2. The molecule has 0 aliphatic carbocycles. The summed E-state index contributed by atoms with van der Waals surface area (Å²) in [7, 11) is 0. The van der Waals surface area contributed by atoms with Gasteiger partial charge in [-0.2, -0.15) is 0 Å². The second kappa shape index (κ2) is 5.88. The molecule has 104 valence electrons. The van der Waals surface area contributed by atoms with E-state index in [1.807, 2.05) is 19.2 Å². The van der Waals surface area contributed by atoms with Crippen molar-refractivity contribution in [3.05, 3.63) is 66.5 Å². The molecular formula is C19H18N2. The van der Waals surface area contributed by atoms with Gasteiger partial charge in [-0.05, 0) is 31.1 Å². The molecule has 0 fully saturated rings. The summed E-state index contributed by atoms with van der Waals surface area (Å²) < 4.78 is 0. The summed E-state index contributed by atoms with van der Waals surface area (Å²) in [5.74, 6) is 0. The Hall–Kier alpha value is -2.48. The molecule has 21 heavy (non-hydrogen) atoms. The van der Waals surface area contributed by atoms with Gasteiger partial charge in [0.2, 0.25) is 0 Å². The van der Waals surface area contributed by atoms with Gasteiger partial charge in [-0.1, -0.05) is 49.4 Å². The van der Waals surface area contributed by atoms with Crippen LogP contribution in [0.3, 0.4) is 0 Å². The molecule has 0 spiro atoms. The van der Waals surface area contributed by atoms with Gasteiger partial charge in [0.25, 0.3) is 0 Å². The quantitative estimate of drug-likeness (QED) is 0.487. The van der Waals surface area contributed by atoms with Crippen LogP contribution in [0.25, 0.3) is 27.4 Å². The molecule has 3 aromatic rings. The zero-order chi connectivity index (χ0) is 14.7. The zero-order valence-electron chi connectivity index (χ0n) is 12.4. The average molecular weight is 274 g/mol. The highest BCUT2D eigenvalue weighted by molar-refractivity contribution is 6.03. The Labute approximate surface area is 124 Å². The predicted octanol–water partition coefficient (Wildman–Crippen LogP) is 5.15. The Balaban J connectivity index is 2.27. The minimum atomic E-state index is 0.966. The summed E-state index contributed by atoms with van der Waals surface area (Å²) in [5.41, 5.74) is 4.10. The van der Waals surface area contributed by atoms with E-state index in [4.69, 9.17) is 4.98 Å². The van der Waals surface area contributed by atoms with Gasteiger partial charge in [-0.3, -0.25) is 4.98 Å². The maximum Gasteiger partial charge on any atom is 0.0972 e. The molecule has 0 aliphatic heterocycles. The Morgan fingerprint density at radius 1 is 1.05 bits per heavy atom. The molecule has 2 heteroatoms. The van der Waals surface area contributed by atoms with Gasteiger partial charge in [0.05, 0.1) is 16.7 Å². The molecular weight excluding hydrogens is 256 g/mol. The lowest BCUT2D eigenvalue weighted by atomic mass is 10.1. The van der Waals surface area contributed by atoms with E-state index in [1.165, 1.54) is 0 Å². The third-order valence-corrected chi connectivity index (χ3v) is 3.50. The molecule has 2 heterocycles. The molecule has 0 N–H and O–H groups in total. The zero-order valence-corrected chi connectivity index (χ0v) is 12.4. The average Bonchev–Trinajstić information content (AvgIpc) is 2.54. The molecule has 0 unspecified atom stereocenters. The topological polar surface area (TPSA) is 25.8 Å². The highest BCUT2D eigenvalue weighted by atomic mass is 14.7. The van der Waals surface area contributed by atoms with Gasteiger partial charge >= 0.3 is 0 Å². The molecule has 0 radical (unpaired) electrons. The van der Waals surface area contributed by atoms with Crippen molar-refractivity contribution in [2.45, 2.75) is 20.3 Å². The summed E-state index contributed by atoms with van der Waals surface area (Å²) >= 11 is 0. The molecule has 0 atom stereocenters. The van der Waals surface area contributed by atoms with Crippen LogP contribution in [0.2, 0.25) is 0 Å². The first-order chi connectivity index (χ1) is 10.3. The first-order valence-corrected chi connectivity index (χ1v) is 7.31. The maximum atomic E-state index is 4.86. The van der Waals surface area contributed by atoms with E-state index in [1.54, 1.807) is 0 Å². The van der Waals surface area contributed by atoms with E-state index in [0.29, 0.717) is 0 Å². The summed E-state index contributed by atoms with van der Waals surface area (Å²) in [4.78, 5) is 9.36. The second-order valence-corrected chi connectivity index (χ2v) is 4.98. The summed E-state index contributed by atoms with van der Waals surface area (Å²) in [5, 5.41) is 2.25. The van der Waals surface area contributed by atoms with Crippen LogP contribution in [-0.2, 0) is 0 Å². The molecule has 2 aromatic heterocycles. The Morgan fingerprint density at radius 2 is 1.81 bits per heavy atom. The Kier molecular flexibility index (Phi) is 3.78. The Bertz CT molecular complexity index is 844. The lowest BCUT2D eigenvalue weighted by Gasteiger charge is -2.06. The van der Waals surface area contributed by atoms with Crippen LogP contribution < -0.4 is 0 Å². The van der Waals surface area contributed by atoms with E-state index in [9.17, 15) is 0 Å². The van der Waals surface area contributed by atoms with E-state index in [2.05, 4.69) is 60.5 Å². The molecule has 0 saturated heterocycles. The fourth-order valence-electron chi connectivity index (χ4n) is 2.54. The number of pyridine rings is 2. The van der Waals surface area contributed by atoms with Crippen LogP contribution in [0.15, 0.2) is 60.8 Å². The predicted molar refractivity (Wildman–Crippen MR) is 90.1 cm³/mol. The first-order valence-electron chi connectivity index (χ1n) is 7.31. The van der Waals surface area contributed by atoms with Crippen LogP contribution in [-0.4, -0.2) is 9.97 Å². The third-order valence-electron chi connectivity index (χ3n) is 3.50. The maximum absolute atomic E-state index is 4.86. The molecule has 1 aromatic carbocycles. The molecule has 0 bridgehead atoms. The summed E-state index contributed by atoms with van der Waals surface area (Å²) in [6.07, 6.45) is 9.18. The number of hydrogen-bond donors (Lipinski definition) is 0. The van der Waals surface area contributed by atoms with Crippen LogP contribution in [0.5, 0.6) is 0 Å². The van der Waals surface area contributed by atoms with Gasteiger partial charge in [0.1, 0.15) is 0 Å². The van der Waals surface area contributed by atoms with Crippen LogP contribution in [0, 0.1) is 0 Å². The number of allylic oxidation sites excluding steroid dienone is 4. The smallest absolute Gasteiger partial charge is 0.0972 e. The van der Waals surface area contributed by atoms with Crippen molar-refractivity contribution in [1.82, 2.24) is 9.97 Å². The first kappa shape index (κ1) is 13.5. The molecule has 2 nitrogen and oxygen atoms in total. The van der Waals surface area contributed by atoms with Gasteiger partial charge in [-0.15, -0.1) is 0 Å². The largest absolute Gasteiger partial charge is 0.254 e. The van der Waals surface area contributed by atoms with Crippen molar-refractivity contribution in [2.75, 3.05) is 0 Å². The van der Waals surface area contributed by atoms with Crippen molar-refractivity contribution >= 4 is 27.4 Å². The van der Waals surface area contributed by atoms with Crippen molar-refractivity contribution < 1.29 is 0 Å². The van der Waals surface area contributed by atoms with Gasteiger partial charge in [0.15, 0.2) is 0 Å². The van der Waals surface area contributed by atoms with Crippen LogP contribution >= 0.6 is 0 Å². The summed E-state index contributed by atoms with van der Waals surface area (Å²) in [6, 6.07) is 12.4. The normalized spacial score (nSPS) is 12.6. The van der Waals surface area contributed by atoms with Crippen LogP contribution in [0.1, 0.15) is 26.0 Å². The van der Waals surface area contributed by atoms with E-state index >= 15 is 0 Å². The lowest BCUT2D eigenvalue weighted by molar-refractivity contribution is 1.22. The standard InChI is InChI=1S/C19H18N2/c1-3-6-14(7-4-2)17-12-11-16-10-9-15-8-5-13-20-18(15)19(16)21-17/h3,5-13H,4H2,1-2H3/b6-3-,14-7+. The molecule has 0 aliphatic rings. The Morgan fingerprint density at radius 3 is 2.57 bits per heavy atom. The highest BCUT2D eigenvalue weighted by Crippen LogP contribution is 2.24. The number of hydrogen-bond acceptors (Lipinski definition) is 2. The fraction of sp³-hybridized carbons (Fsp3) is 0.158. The minimum absolute atomic E-state index is 0.966. The lowest BCUT2D eigenvalue weighted by Crippen LogP contribution is -1.91. The monoisotopic (exact) mass is 274 g/mol. The minimum Gasteiger partial charge on any atom is -0.254 e. The van der Waals surface area contributed by atoms with Crippen molar-refractivity contribution in [2.24, 2.45) is 0 Å². The highest BCUT2D eigenvalue weighted by Gasteiger charge is 2.06. The van der Waals surface area contributed by atoms with Crippen LogP contribution in [0.4, 0.5) is 0 Å². The molecule has 0 amide bonds. The van der Waals surface area contributed by atoms with Crippen molar-refractivity contribution in [3.63, 3.8) is 0 Å². The number of fused-ring (bicyclic) bond motifs is 3. The SMILES string of the molecule is C/C=C\C(=C/CC)c1ccc2ccc3cccnc3c2n1. The number of aromatic nitrogens is 2. The van der Waals surface area contributed by atoms with Gasteiger partial charge in [0, 0.05) is 17.0 Å². The van der Waals surface area contributed by atoms with Crippen molar-refractivity contribution in [3.8, 4) is 0 Å². The van der Waals surface area contributed by atoms with E-state index < -0.39 is 0 Å². The second-order valence-electron chi connectivity index (χ2n) is 4.98. The number of benzene rings is 1. The number of rotatable bonds is 3. The van der Waals surface area contributed by atoms with E-state index in [0.717, 1.165) is 39.5 Å². The molecule has 3 rings (SSSR count). The third kappa shape index (κ3) is 2.57. The van der Waals surface area contributed by atoms with Crippen molar-refractivity contribution in [1.29, 1.82) is 0 Å².